The smallest absolute Gasteiger partial charge is 0.0848 e. The van der Waals surface area contributed by atoms with Gasteiger partial charge in [-0.1, -0.05) is 6.08 Å². The molecule has 0 aromatic heterocycles. The maximum absolute atomic E-state index is 8.63. The Bertz CT molecular complexity index is 160. The van der Waals surface area contributed by atoms with Gasteiger partial charge in [-0.05, 0) is 6.08 Å². The molecule has 0 unspecified atom stereocenters. The molecule has 0 spiro atoms. The van der Waals surface area contributed by atoms with E-state index in [2.05, 4.69) is 5.32 Å². The molecule has 0 aromatic rings. The summed E-state index contributed by atoms with van der Waals surface area (Å²) in [6.07, 6.45) is 3.70. The zero-order valence-corrected chi connectivity index (χ0v) is 5.09. The van der Waals surface area contributed by atoms with Gasteiger partial charge in [0.15, 0.2) is 0 Å². The Labute approximate surface area is 53.9 Å². The first-order valence-corrected chi connectivity index (χ1v) is 2.84. The highest BCUT2D eigenvalue weighted by molar-refractivity contribution is 5.25. The van der Waals surface area contributed by atoms with Crippen molar-refractivity contribution in [2.75, 3.05) is 13.2 Å². The van der Waals surface area contributed by atoms with Crippen LogP contribution in [0.5, 0.6) is 0 Å². The van der Waals surface area contributed by atoms with E-state index in [4.69, 9.17) is 10.8 Å². The predicted octanol–water partition coefficient (Wildman–Crippen LogP) is -0.692. The van der Waals surface area contributed by atoms with E-state index in [1.54, 1.807) is 6.08 Å². The molecule has 9 heavy (non-hydrogen) atoms. The Hall–Kier alpha value is -0.960. The molecule has 0 radical (unpaired) electrons. The molecule has 0 atom stereocenters. The molecular weight excluding hydrogens is 116 g/mol. The SMILES string of the molecule is NC1=C(CO)NCC=C1. The van der Waals surface area contributed by atoms with Gasteiger partial charge < -0.3 is 16.2 Å². The molecule has 3 nitrogen and oxygen atoms in total. The van der Waals surface area contributed by atoms with Crippen molar-refractivity contribution in [3.05, 3.63) is 23.5 Å². The number of hydrogen-bond donors (Lipinski definition) is 3. The summed E-state index contributed by atoms with van der Waals surface area (Å²) < 4.78 is 0. The van der Waals surface area contributed by atoms with Gasteiger partial charge >= 0.3 is 0 Å². The van der Waals surface area contributed by atoms with Crippen LogP contribution in [-0.2, 0) is 0 Å². The van der Waals surface area contributed by atoms with Gasteiger partial charge in [-0.25, -0.2) is 0 Å². The third-order valence-electron chi connectivity index (χ3n) is 1.24. The fourth-order valence-electron chi connectivity index (χ4n) is 0.718. The van der Waals surface area contributed by atoms with Crippen molar-refractivity contribution in [2.45, 2.75) is 0 Å². The number of dihydropyridines is 1. The molecule has 50 valence electrons. The molecule has 0 aliphatic carbocycles. The average molecular weight is 126 g/mol. The third kappa shape index (κ3) is 1.23. The Morgan fingerprint density at radius 3 is 3.00 bits per heavy atom. The van der Waals surface area contributed by atoms with E-state index in [1.807, 2.05) is 6.08 Å². The number of aliphatic hydroxyl groups is 1. The largest absolute Gasteiger partial charge is 0.397 e. The molecule has 0 fully saturated rings. The summed E-state index contributed by atoms with van der Waals surface area (Å²) in [5.41, 5.74) is 6.81. The molecule has 4 N–H and O–H groups in total. The van der Waals surface area contributed by atoms with Crippen LogP contribution in [0.3, 0.4) is 0 Å². The quantitative estimate of drug-likeness (QED) is 0.436. The minimum atomic E-state index is -0.00380. The van der Waals surface area contributed by atoms with E-state index >= 15 is 0 Å². The van der Waals surface area contributed by atoms with Gasteiger partial charge in [0, 0.05) is 6.54 Å². The molecule has 1 heterocycles. The van der Waals surface area contributed by atoms with Crippen LogP contribution in [0.25, 0.3) is 0 Å². The van der Waals surface area contributed by atoms with E-state index in [9.17, 15) is 0 Å². The van der Waals surface area contributed by atoms with Gasteiger partial charge in [-0.3, -0.25) is 0 Å². The summed E-state index contributed by atoms with van der Waals surface area (Å²) in [7, 11) is 0. The van der Waals surface area contributed by atoms with Gasteiger partial charge in [-0.15, -0.1) is 0 Å². The monoisotopic (exact) mass is 126 g/mol. The second-order valence-electron chi connectivity index (χ2n) is 1.88. The molecule has 1 rings (SSSR count). The van der Waals surface area contributed by atoms with E-state index in [-0.39, 0.29) is 6.61 Å². The van der Waals surface area contributed by atoms with Crippen LogP contribution >= 0.6 is 0 Å². The first kappa shape index (κ1) is 6.16. The van der Waals surface area contributed by atoms with Crippen LogP contribution < -0.4 is 11.1 Å². The lowest BCUT2D eigenvalue weighted by Crippen LogP contribution is -2.23. The maximum atomic E-state index is 8.63. The Morgan fingerprint density at radius 1 is 1.78 bits per heavy atom. The van der Waals surface area contributed by atoms with Gasteiger partial charge in [0.2, 0.25) is 0 Å². The number of hydrogen-bond acceptors (Lipinski definition) is 3. The highest BCUT2D eigenvalue weighted by Gasteiger charge is 2.00. The Morgan fingerprint density at radius 2 is 2.56 bits per heavy atom. The Kier molecular flexibility index (Phi) is 1.75. The number of nitrogens with one attached hydrogen (secondary N) is 1. The topological polar surface area (TPSA) is 58.3 Å². The molecule has 1 aliphatic heterocycles. The van der Waals surface area contributed by atoms with Crippen LogP contribution in [0, 0.1) is 0 Å². The van der Waals surface area contributed by atoms with Crippen LogP contribution in [0.15, 0.2) is 23.5 Å². The first-order chi connectivity index (χ1) is 4.34. The summed E-state index contributed by atoms with van der Waals surface area (Å²) in [5.74, 6) is 0. The van der Waals surface area contributed by atoms with Crippen molar-refractivity contribution in [2.24, 2.45) is 5.73 Å². The van der Waals surface area contributed by atoms with Crippen molar-refractivity contribution < 1.29 is 5.11 Å². The summed E-state index contributed by atoms with van der Waals surface area (Å²) in [6.45, 7) is 0.757. The summed E-state index contributed by atoms with van der Waals surface area (Å²) in [5, 5.41) is 11.6. The van der Waals surface area contributed by atoms with E-state index in [1.165, 1.54) is 0 Å². The van der Waals surface area contributed by atoms with Gasteiger partial charge in [0.25, 0.3) is 0 Å². The van der Waals surface area contributed by atoms with E-state index < -0.39 is 0 Å². The van der Waals surface area contributed by atoms with Gasteiger partial charge in [0.05, 0.1) is 18.0 Å². The molecule has 3 heteroatoms. The summed E-state index contributed by atoms with van der Waals surface area (Å²) in [6, 6.07) is 0. The molecule has 0 bridgehead atoms. The third-order valence-corrected chi connectivity index (χ3v) is 1.24. The normalized spacial score (nSPS) is 17.9. The molecule has 0 saturated heterocycles. The van der Waals surface area contributed by atoms with Crippen molar-refractivity contribution in [1.82, 2.24) is 5.32 Å². The lowest BCUT2D eigenvalue weighted by Gasteiger charge is -2.11. The first-order valence-electron chi connectivity index (χ1n) is 2.84. The van der Waals surface area contributed by atoms with Gasteiger partial charge in [0.1, 0.15) is 0 Å². The average Bonchev–Trinajstić information content (AvgIpc) is 1.89. The predicted molar refractivity (Wildman–Crippen MR) is 35.4 cm³/mol. The Balaban J connectivity index is 2.72. The van der Waals surface area contributed by atoms with Crippen LogP contribution in [0.2, 0.25) is 0 Å². The van der Waals surface area contributed by atoms with Gasteiger partial charge in [-0.2, -0.15) is 0 Å². The molecule has 0 saturated carbocycles. The van der Waals surface area contributed by atoms with Crippen LogP contribution in [0.4, 0.5) is 0 Å². The molecule has 0 amide bonds. The maximum Gasteiger partial charge on any atom is 0.0848 e. The molecule has 1 aliphatic rings. The second-order valence-corrected chi connectivity index (χ2v) is 1.88. The van der Waals surface area contributed by atoms with Crippen molar-refractivity contribution in [1.29, 1.82) is 0 Å². The highest BCUT2D eigenvalue weighted by atomic mass is 16.3. The summed E-state index contributed by atoms with van der Waals surface area (Å²) >= 11 is 0. The zero-order valence-electron chi connectivity index (χ0n) is 5.09. The second kappa shape index (κ2) is 2.55. The van der Waals surface area contributed by atoms with Crippen molar-refractivity contribution in [3.8, 4) is 0 Å². The van der Waals surface area contributed by atoms with Crippen LogP contribution in [0.1, 0.15) is 0 Å². The fraction of sp³-hybridized carbons (Fsp3) is 0.333. The lowest BCUT2D eigenvalue weighted by atomic mass is 10.2. The van der Waals surface area contributed by atoms with E-state index in [0.717, 1.165) is 12.2 Å². The number of allylic oxidation sites excluding steroid dienone is 1. The van der Waals surface area contributed by atoms with Crippen molar-refractivity contribution >= 4 is 0 Å². The van der Waals surface area contributed by atoms with Crippen molar-refractivity contribution in [3.63, 3.8) is 0 Å². The standard InChI is InChI=1S/C6H10N2O/c7-5-2-1-3-8-6(5)4-9/h1-2,8-9H,3-4,7H2. The minimum Gasteiger partial charge on any atom is -0.397 e. The van der Waals surface area contributed by atoms with Crippen LogP contribution in [-0.4, -0.2) is 18.3 Å². The molecular formula is C6H10N2O. The zero-order chi connectivity index (χ0) is 6.69. The fourth-order valence-corrected chi connectivity index (χ4v) is 0.718. The number of rotatable bonds is 1. The van der Waals surface area contributed by atoms with E-state index in [0.29, 0.717) is 5.70 Å². The summed E-state index contributed by atoms with van der Waals surface area (Å²) in [4.78, 5) is 0. The number of nitrogens with two attached hydrogens (primary N) is 1. The number of aliphatic hydroxyl groups excluding tert-OH is 1. The molecule has 0 aromatic carbocycles. The highest BCUT2D eigenvalue weighted by Crippen LogP contribution is 1.99. The lowest BCUT2D eigenvalue weighted by molar-refractivity contribution is 0.321. The minimum absolute atomic E-state index is 0.00380.